The molecule has 1 amide bonds. The molecule has 3 nitrogen and oxygen atoms in total. The summed E-state index contributed by atoms with van der Waals surface area (Å²) in [5, 5.41) is 7.76. The molecule has 1 heterocycles. The minimum Gasteiger partial charge on any atom is -0.332 e. The number of anilines is 1. The number of aryl methyl sites for hydroxylation is 1. The molecule has 0 spiro atoms. The van der Waals surface area contributed by atoms with Crippen molar-refractivity contribution in [2.24, 2.45) is 0 Å². The van der Waals surface area contributed by atoms with Gasteiger partial charge in [-0.1, -0.05) is 23.8 Å². The zero-order valence-electron chi connectivity index (χ0n) is 9.77. The molecule has 0 fully saturated rings. The van der Waals surface area contributed by atoms with Gasteiger partial charge in [0.15, 0.2) is 5.11 Å². The normalized spacial score (nSPS) is 9.83. The van der Waals surface area contributed by atoms with Crippen LogP contribution in [0.4, 0.5) is 5.69 Å². The van der Waals surface area contributed by atoms with Crippen LogP contribution in [0.1, 0.15) is 15.2 Å². The van der Waals surface area contributed by atoms with Crippen molar-refractivity contribution in [1.29, 1.82) is 0 Å². The molecule has 0 aliphatic heterocycles. The van der Waals surface area contributed by atoms with Crippen molar-refractivity contribution < 1.29 is 4.79 Å². The lowest BCUT2D eigenvalue weighted by Gasteiger charge is -2.08. The highest BCUT2D eigenvalue weighted by Crippen LogP contribution is 2.10. The molecule has 92 valence electrons. The van der Waals surface area contributed by atoms with Gasteiger partial charge < -0.3 is 5.32 Å². The van der Waals surface area contributed by atoms with Gasteiger partial charge in [0, 0.05) is 5.69 Å². The first-order valence-electron chi connectivity index (χ1n) is 5.37. The monoisotopic (exact) mass is 276 g/mol. The number of rotatable bonds is 2. The summed E-state index contributed by atoms with van der Waals surface area (Å²) in [5.41, 5.74) is 2.03. The average molecular weight is 276 g/mol. The average Bonchev–Trinajstić information content (AvgIpc) is 2.85. The molecule has 1 aromatic heterocycles. The quantitative estimate of drug-likeness (QED) is 0.828. The fourth-order valence-electron chi connectivity index (χ4n) is 1.37. The summed E-state index contributed by atoms with van der Waals surface area (Å²) in [6.45, 7) is 2.01. The Balaban J connectivity index is 1.93. The van der Waals surface area contributed by atoms with E-state index in [9.17, 15) is 4.79 Å². The Morgan fingerprint density at radius 1 is 1.22 bits per heavy atom. The Kier molecular flexibility index (Phi) is 4.07. The third kappa shape index (κ3) is 3.38. The summed E-state index contributed by atoms with van der Waals surface area (Å²) in [6, 6.07) is 11.4. The van der Waals surface area contributed by atoms with E-state index in [4.69, 9.17) is 12.2 Å². The number of thiophene rings is 1. The number of benzene rings is 1. The second-order valence-electron chi connectivity index (χ2n) is 3.75. The summed E-state index contributed by atoms with van der Waals surface area (Å²) >= 11 is 6.46. The first-order chi connectivity index (χ1) is 8.65. The molecule has 0 atom stereocenters. The first kappa shape index (κ1) is 12.7. The predicted molar refractivity (Wildman–Crippen MR) is 79.2 cm³/mol. The molecular weight excluding hydrogens is 264 g/mol. The lowest BCUT2D eigenvalue weighted by atomic mass is 10.2. The largest absolute Gasteiger partial charge is 0.332 e. The zero-order chi connectivity index (χ0) is 13.0. The molecule has 0 radical (unpaired) electrons. The van der Waals surface area contributed by atoms with Crippen LogP contribution in [-0.2, 0) is 0 Å². The second-order valence-corrected chi connectivity index (χ2v) is 5.11. The fourth-order valence-corrected chi connectivity index (χ4v) is 2.20. The second kappa shape index (κ2) is 5.75. The first-order valence-corrected chi connectivity index (χ1v) is 6.66. The summed E-state index contributed by atoms with van der Waals surface area (Å²) in [7, 11) is 0. The molecule has 0 aliphatic rings. The SMILES string of the molecule is Cc1ccc(NC(=S)NC(=O)c2cccs2)cc1. The number of amides is 1. The van der Waals surface area contributed by atoms with Crippen LogP contribution in [0.15, 0.2) is 41.8 Å². The molecule has 0 aliphatic carbocycles. The molecule has 0 bridgehead atoms. The highest BCUT2D eigenvalue weighted by molar-refractivity contribution is 7.80. The van der Waals surface area contributed by atoms with E-state index in [2.05, 4.69) is 10.6 Å². The van der Waals surface area contributed by atoms with E-state index < -0.39 is 0 Å². The Bertz CT molecular complexity index is 547. The Morgan fingerprint density at radius 2 is 1.94 bits per heavy atom. The highest BCUT2D eigenvalue weighted by Gasteiger charge is 2.08. The van der Waals surface area contributed by atoms with Crippen molar-refractivity contribution >= 4 is 40.3 Å². The molecule has 18 heavy (non-hydrogen) atoms. The van der Waals surface area contributed by atoms with Gasteiger partial charge in [0.25, 0.3) is 5.91 Å². The van der Waals surface area contributed by atoms with Gasteiger partial charge in [-0.15, -0.1) is 11.3 Å². The Hall–Kier alpha value is -1.72. The van der Waals surface area contributed by atoms with E-state index in [0.29, 0.717) is 9.99 Å². The van der Waals surface area contributed by atoms with E-state index in [1.54, 1.807) is 6.07 Å². The molecule has 0 saturated carbocycles. The maximum Gasteiger partial charge on any atom is 0.267 e. The van der Waals surface area contributed by atoms with Crippen LogP contribution >= 0.6 is 23.6 Å². The topological polar surface area (TPSA) is 41.1 Å². The van der Waals surface area contributed by atoms with Crippen LogP contribution in [0.3, 0.4) is 0 Å². The van der Waals surface area contributed by atoms with E-state index >= 15 is 0 Å². The summed E-state index contributed by atoms with van der Waals surface area (Å²) < 4.78 is 0. The molecule has 2 N–H and O–H groups in total. The van der Waals surface area contributed by atoms with Crippen LogP contribution in [0.5, 0.6) is 0 Å². The molecular formula is C13H12N2OS2. The number of carbonyl (C=O) groups excluding carboxylic acids is 1. The minimum absolute atomic E-state index is 0.186. The maximum atomic E-state index is 11.7. The van der Waals surface area contributed by atoms with Crippen LogP contribution < -0.4 is 10.6 Å². The molecule has 0 unspecified atom stereocenters. The van der Waals surface area contributed by atoms with Gasteiger partial charge in [0.05, 0.1) is 4.88 Å². The van der Waals surface area contributed by atoms with Crippen LogP contribution in [0, 0.1) is 6.92 Å². The van der Waals surface area contributed by atoms with Crippen molar-refractivity contribution in [2.45, 2.75) is 6.92 Å². The zero-order valence-corrected chi connectivity index (χ0v) is 11.4. The number of carbonyl (C=O) groups is 1. The maximum absolute atomic E-state index is 11.7. The van der Waals surface area contributed by atoms with Gasteiger partial charge >= 0.3 is 0 Å². The van der Waals surface area contributed by atoms with Gasteiger partial charge in [0.2, 0.25) is 0 Å². The third-order valence-corrected chi connectivity index (χ3v) is 3.35. The molecule has 5 heteroatoms. The summed E-state index contributed by atoms with van der Waals surface area (Å²) in [5.74, 6) is -0.186. The lowest BCUT2D eigenvalue weighted by molar-refractivity contribution is 0.0981. The molecule has 0 saturated heterocycles. The van der Waals surface area contributed by atoms with Crippen molar-refractivity contribution in [2.75, 3.05) is 5.32 Å². The van der Waals surface area contributed by atoms with E-state index in [0.717, 1.165) is 5.69 Å². The Labute approximate surface area is 115 Å². The van der Waals surface area contributed by atoms with E-state index in [-0.39, 0.29) is 5.91 Å². The van der Waals surface area contributed by atoms with Crippen LogP contribution in [0.25, 0.3) is 0 Å². The van der Waals surface area contributed by atoms with Crippen molar-refractivity contribution in [3.8, 4) is 0 Å². The minimum atomic E-state index is -0.186. The summed E-state index contributed by atoms with van der Waals surface area (Å²) in [4.78, 5) is 12.4. The molecule has 2 rings (SSSR count). The van der Waals surface area contributed by atoms with E-state index in [1.807, 2.05) is 42.6 Å². The van der Waals surface area contributed by atoms with Crippen LogP contribution in [-0.4, -0.2) is 11.0 Å². The Morgan fingerprint density at radius 3 is 2.56 bits per heavy atom. The van der Waals surface area contributed by atoms with Gasteiger partial charge in [-0.2, -0.15) is 0 Å². The van der Waals surface area contributed by atoms with Gasteiger partial charge in [-0.25, -0.2) is 0 Å². The van der Waals surface area contributed by atoms with Crippen molar-refractivity contribution in [3.63, 3.8) is 0 Å². The van der Waals surface area contributed by atoms with Crippen LogP contribution in [0.2, 0.25) is 0 Å². The number of hydrogen-bond acceptors (Lipinski definition) is 3. The van der Waals surface area contributed by atoms with Gasteiger partial charge in [0.1, 0.15) is 0 Å². The van der Waals surface area contributed by atoms with Gasteiger partial charge in [-0.05, 0) is 42.7 Å². The summed E-state index contributed by atoms with van der Waals surface area (Å²) in [6.07, 6.45) is 0. The standard InChI is InChI=1S/C13H12N2OS2/c1-9-4-6-10(7-5-9)14-13(17)15-12(16)11-3-2-8-18-11/h2-8H,1H3,(H2,14,15,16,17). The van der Waals surface area contributed by atoms with Gasteiger partial charge in [-0.3, -0.25) is 10.1 Å². The predicted octanol–water partition coefficient (Wildman–Crippen LogP) is 3.18. The number of hydrogen-bond donors (Lipinski definition) is 2. The van der Waals surface area contributed by atoms with E-state index in [1.165, 1.54) is 16.9 Å². The number of nitrogens with one attached hydrogen (secondary N) is 2. The fraction of sp³-hybridized carbons (Fsp3) is 0.0769. The lowest BCUT2D eigenvalue weighted by Crippen LogP contribution is -2.33. The third-order valence-electron chi connectivity index (χ3n) is 2.28. The van der Waals surface area contributed by atoms with Crippen molar-refractivity contribution in [3.05, 3.63) is 52.2 Å². The molecule has 1 aromatic carbocycles. The molecule has 2 aromatic rings. The smallest absolute Gasteiger partial charge is 0.267 e. The van der Waals surface area contributed by atoms with Crippen molar-refractivity contribution in [1.82, 2.24) is 5.32 Å². The highest BCUT2D eigenvalue weighted by atomic mass is 32.1. The number of thiocarbonyl (C=S) groups is 1.